The molecule has 0 fully saturated rings. The molecule has 0 saturated heterocycles. The molecule has 142 valence electrons. The zero-order chi connectivity index (χ0) is 19.2. The van der Waals surface area contributed by atoms with Crippen LogP contribution in [0.1, 0.15) is 0 Å². The van der Waals surface area contributed by atoms with E-state index in [0.29, 0.717) is 18.8 Å². The van der Waals surface area contributed by atoms with Gasteiger partial charge in [-0.1, -0.05) is 0 Å². The van der Waals surface area contributed by atoms with Crippen LogP contribution in [0, 0.1) is 5.82 Å². The van der Waals surface area contributed by atoms with Gasteiger partial charge in [0.1, 0.15) is 17.3 Å². The Labute approximate surface area is 161 Å². The molecule has 5 nitrogen and oxygen atoms in total. The highest BCUT2D eigenvalue weighted by Crippen LogP contribution is 2.33. The summed E-state index contributed by atoms with van der Waals surface area (Å²) in [7, 11) is 4.93. The number of nitrogens with zero attached hydrogens (tertiary/aromatic N) is 2. The smallest absolute Gasteiger partial charge is 0.190 e. The fourth-order valence-electron chi connectivity index (χ4n) is 2.67. The van der Waals surface area contributed by atoms with Crippen LogP contribution < -0.4 is 14.3 Å². The van der Waals surface area contributed by atoms with Gasteiger partial charge in [-0.05, 0) is 42.5 Å². The van der Waals surface area contributed by atoms with Crippen molar-refractivity contribution in [2.75, 3.05) is 27.9 Å². The van der Waals surface area contributed by atoms with Gasteiger partial charge in [-0.3, -0.25) is 0 Å². The molecule has 0 unspecified atom stereocenters. The Bertz CT molecular complexity index is 964. The van der Waals surface area contributed by atoms with Gasteiger partial charge in [0.05, 0.1) is 32.2 Å². The Morgan fingerprint density at radius 1 is 1.04 bits per heavy atom. The summed E-state index contributed by atoms with van der Waals surface area (Å²) in [6.07, 6.45) is 0. The number of halogens is 1. The summed E-state index contributed by atoms with van der Waals surface area (Å²) in [4.78, 5) is 5.46. The lowest BCUT2D eigenvalue weighted by molar-refractivity contribution is 0.187. The quantitative estimate of drug-likeness (QED) is 0.608. The molecule has 0 aliphatic rings. The van der Waals surface area contributed by atoms with Gasteiger partial charge < -0.3 is 18.8 Å². The molecule has 1 heterocycles. The molecule has 3 aromatic rings. The van der Waals surface area contributed by atoms with E-state index in [1.807, 2.05) is 23.6 Å². The number of hydrogen-bond acceptors (Lipinski definition) is 5. The first-order valence-electron chi connectivity index (χ1n) is 8.36. The molecule has 0 bridgehead atoms. The van der Waals surface area contributed by atoms with Crippen molar-refractivity contribution in [2.45, 2.75) is 6.54 Å². The fraction of sp³-hybridized carbons (Fsp3) is 0.250. The summed E-state index contributed by atoms with van der Waals surface area (Å²) in [5.74, 6) is 1.20. The Morgan fingerprint density at radius 2 is 1.81 bits per heavy atom. The van der Waals surface area contributed by atoms with Gasteiger partial charge in [0.25, 0.3) is 0 Å². The van der Waals surface area contributed by atoms with Crippen molar-refractivity contribution < 1.29 is 18.6 Å². The minimum Gasteiger partial charge on any atom is -0.497 e. The molecule has 0 spiro atoms. The maximum Gasteiger partial charge on any atom is 0.190 e. The highest BCUT2D eigenvalue weighted by molar-refractivity contribution is 7.07. The van der Waals surface area contributed by atoms with Crippen LogP contribution in [0.3, 0.4) is 0 Å². The van der Waals surface area contributed by atoms with E-state index in [2.05, 4.69) is 9.56 Å². The van der Waals surface area contributed by atoms with Crippen LogP contribution in [0.15, 0.2) is 52.8 Å². The van der Waals surface area contributed by atoms with Gasteiger partial charge in [-0.15, -0.1) is 11.3 Å². The second-order valence-electron chi connectivity index (χ2n) is 5.70. The zero-order valence-electron chi connectivity index (χ0n) is 15.4. The molecule has 2 aromatic carbocycles. The molecular weight excluding hydrogens is 367 g/mol. The van der Waals surface area contributed by atoms with Crippen molar-refractivity contribution in [3.05, 3.63) is 58.5 Å². The van der Waals surface area contributed by atoms with E-state index < -0.39 is 0 Å². The number of ether oxygens (including phenoxy) is 3. The first kappa shape index (κ1) is 19.1. The molecule has 0 aliphatic heterocycles. The van der Waals surface area contributed by atoms with E-state index in [0.717, 1.165) is 27.6 Å². The number of rotatable bonds is 7. The topological polar surface area (TPSA) is 45.0 Å². The molecule has 1 aromatic heterocycles. The van der Waals surface area contributed by atoms with Crippen LogP contribution in [0.4, 0.5) is 10.1 Å². The Hall–Kier alpha value is -2.64. The third-order valence-electron chi connectivity index (χ3n) is 4.05. The number of methoxy groups -OCH3 is 3. The molecule has 3 rings (SSSR count). The van der Waals surface area contributed by atoms with Gasteiger partial charge >= 0.3 is 0 Å². The van der Waals surface area contributed by atoms with Crippen molar-refractivity contribution in [1.82, 2.24) is 4.57 Å². The highest BCUT2D eigenvalue weighted by Gasteiger charge is 2.14. The second-order valence-corrected chi connectivity index (χ2v) is 6.54. The van der Waals surface area contributed by atoms with Crippen LogP contribution in [-0.2, 0) is 11.3 Å². The third-order valence-corrected chi connectivity index (χ3v) is 4.91. The van der Waals surface area contributed by atoms with Crippen molar-refractivity contribution in [3.8, 4) is 22.8 Å². The normalized spacial score (nSPS) is 11.6. The number of benzene rings is 2. The van der Waals surface area contributed by atoms with Crippen LogP contribution in [0.25, 0.3) is 11.3 Å². The lowest BCUT2D eigenvalue weighted by atomic mass is 10.1. The Balaban J connectivity index is 2.14. The molecule has 0 atom stereocenters. The van der Waals surface area contributed by atoms with Crippen LogP contribution >= 0.6 is 11.3 Å². The molecular formula is C20H21FN2O3S. The van der Waals surface area contributed by atoms with E-state index in [-0.39, 0.29) is 5.82 Å². The zero-order valence-corrected chi connectivity index (χ0v) is 16.3. The van der Waals surface area contributed by atoms with Crippen molar-refractivity contribution in [1.29, 1.82) is 0 Å². The monoisotopic (exact) mass is 388 g/mol. The lowest BCUT2D eigenvalue weighted by Crippen LogP contribution is -2.18. The van der Waals surface area contributed by atoms with Gasteiger partial charge in [0.15, 0.2) is 4.80 Å². The predicted molar refractivity (Wildman–Crippen MR) is 104 cm³/mol. The van der Waals surface area contributed by atoms with Crippen molar-refractivity contribution >= 4 is 17.0 Å². The highest BCUT2D eigenvalue weighted by atomic mass is 32.1. The average Bonchev–Trinajstić information content (AvgIpc) is 3.09. The predicted octanol–water partition coefficient (Wildman–Crippen LogP) is 4.25. The van der Waals surface area contributed by atoms with Crippen LogP contribution in [0.5, 0.6) is 11.5 Å². The van der Waals surface area contributed by atoms with E-state index in [1.165, 1.54) is 23.5 Å². The average molecular weight is 388 g/mol. The summed E-state index contributed by atoms with van der Waals surface area (Å²) < 4.78 is 31.4. The summed E-state index contributed by atoms with van der Waals surface area (Å²) >= 11 is 1.50. The summed E-state index contributed by atoms with van der Waals surface area (Å²) in [5.41, 5.74) is 2.55. The third kappa shape index (κ3) is 4.37. The number of hydrogen-bond donors (Lipinski definition) is 0. The van der Waals surface area contributed by atoms with Crippen molar-refractivity contribution in [2.24, 2.45) is 4.99 Å². The van der Waals surface area contributed by atoms with Crippen molar-refractivity contribution in [3.63, 3.8) is 0 Å². The fourth-order valence-corrected chi connectivity index (χ4v) is 3.62. The Morgan fingerprint density at radius 3 is 2.48 bits per heavy atom. The summed E-state index contributed by atoms with van der Waals surface area (Å²) in [6.45, 7) is 1.16. The standard InChI is InChI=1S/C20H21FN2O3S/c1-24-11-10-23-18(17-12-16(25-2)8-9-19(17)26-3)13-27-20(23)22-15-6-4-14(21)5-7-15/h4-9,12-13H,10-11H2,1-3H3. The molecule has 7 heteroatoms. The molecule has 0 radical (unpaired) electrons. The maximum absolute atomic E-state index is 13.2. The second kappa shape index (κ2) is 8.83. The minimum absolute atomic E-state index is 0.283. The molecule has 0 N–H and O–H groups in total. The van der Waals surface area contributed by atoms with Gasteiger partial charge in [0, 0.05) is 24.6 Å². The molecule has 0 saturated carbocycles. The lowest BCUT2D eigenvalue weighted by Gasteiger charge is -2.13. The van der Waals surface area contributed by atoms with Gasteiger partial charge in [0.2, 0.25) is 0 Å². The maximum atomic E-state index is 13.2. The summed E-state index contributed by atoms with van der Waals surface area (Å²) in [5, 5.41) is 2.02. The number of aromatic nitrogens is 1. The first-order valence-corrected chi connectivity index (χ1v) is 9.24. The van der Waals surface area contributed by atoms with Crippen LogP contribution in [0.2, 0.25) is 0 Å². The van der Waals surface area contributed by atoms with E-state index in [4.69, 9.17) is 14.2 Å². The molecule has 0 amide bonds. The molecule has 0 aliphatic carbocycles. The number of thiazole rings is 1. The largest absolute Gasteiger partial charge is 0.497 e. The Kier molecular flexibility index (Phi) is 6.26. The van der Waals surface area contributed by atoms with Gasteiger partial charge in [-0.25, -0.2) is 9.38 Å². The van der Waals surface area contributed by atoms with E-state index in [1.54, 1.807) is 33.5 Å². The SMILES string of the molecule is COCCn1c(-c2cc(OC)ccc2OC)csc1=Nc1ccc(F)cc1. The minimum atomic E-state index is -0.283. The summed E-state index contributed by atoms with van der Waals surface area (Å²) in [6, 6.07) is 11.8. The molecule has 27 heavy (non-hydrogen) atoms. The van der Waals surface area contributed by atoms with Crippen LogP contribution in [-0.4, -0.2) is 32.5 Å². The van der Waals surface area contributed by atoms with E-state index in [9.17, 15) is 4.39 Å². The van der Waals surface area contributed by atoms with E-state index >= 15 is 0 Å². The first-order chi connectivity index (χ1) is 13.2. The van der Waals surface area contributed by atoms with Gasteiger partial charge in [-0.2, -0.15) is 0 Å².